The van der Waals surface area contributed by atoms with Gasteiger partial charge in [0.25, 0.3) is 5.91 Å². The number of amides is 1. The van der Waals surface area contributed by atoms with Crippen molar-refractivity contribution in [2.24, 2.45) is 0 Å². The summed E-state index contributed by atoms with van der Waals surface area (Å²) in [6.45, 7) is 0. The van der Waals surface area contributed by atoms with Crippen molar-refractivity contribution in [3.05, 3.63) is 77.0 Å². The number of benzene rings is 1. The predicted molar refractivity (Wildman–Crippen MR) is 93.6 cm³/mol. The molecule has 1 aromatic rings. The SMILES string of the molecule is COc1ccc(C(=O)N2C=COC(CC3=CC=CCC3)=C2)cc1Cl. The van der Waals surface area contributed by atoms with Gasteiger partial charge in [-0.3, -0.25) is 9.69 Å². The van der Waals surface area contributed by atoms with E-state index in [4.69, 9.17) is 21.1 Å². The van der Waals surface area contributed by atoms with Crippen molar-refractivity contribution in [1.29, 1.82) is 0 Å². The van der Waals surface area contributed by atoms with Gasteiger partial charge in [0.05, 0.1) is 18.3 Å². The number of hydrogen-bond acceptors (Lipinski definition) is 3. The molecule has 0 bridgehead atoms. The van der Waals surface area contributed by atoms with Gasteiger partial charge in [-0.05, 0) is 31.0 Å². The summed E-state index contributed by atoms with van der Waals surface area (Å²) in [6, 6.07) is 4.98. The molecule has 1 aliphatic heterocycles. The van der Waals surface area contributed by atoms with E-state index in [9.17, 15) is 4.79 Å². The molecule has 4 nitrogen and oxygen atoms in total. The molecule has 3 rings (SSSR count). The number of hydrogen-bond donors (Lipinski definition) is 0. The fourth-order valence-corrected chi connectivity index (χ4v) is 2.86. The Balaban J connectivity index is 1.75. The third kappa shape index (κ3) is 3.71. The molecule has 0 saturated carbocycles. The standard InChI is InChI=1S/C19H18ClNO3/c1-23-18-8-7-15(12-17(18)20)19(22)21-9-10-24-16(13-21)11-14-5-3-2-4-6-14/h2-3,5,7-10,12-13H,4,6,11H2,1H3. The molecule has 2 aliphatic rings. The van der Waals surface area contributed by atoms with Crippen molar-refractivity contribution in [2.75, 3.05) is 7.11 Å². The van der Waals surface area contributed by atoms with Crippen molar-refractivity contribution < 1.29 is 14.3 Å². The summed E-state index contributed by atoms with van der Waals surface area (Å²) < 4.78 is 10.6. The molecule has 1 aliphatic carbocycles. The van der Waals surface area contributed by atoms with E-state index in [0.717, 1.165) is 18.6 Å². The first-order valence-electron chi connectivity index (χ1n) is 7.72. The summed E-state index contributed by atoms with van der Waals surface area (Å²) in [6.07, 6.45) is 13.9. The van der Waals surface area contributed by atoms with Crippen LogP contribution in [0.25, 0.3) is 0 Å². The zero-order chi connectivity index (χ0) is 16.9. The largest absolute Gasteiger partial charge is 0.495 e. The fraction of sp³-hybridized carbons (Fsp3) is 0.211. The van der Waals surface area contributed by atoms with Gasteiger partial charge in [0.15, 0.2) is 0 Å². The minimum Gasteiger partial charge on any atom is -0.495 e. The summed E-state index contributed by atoms with van der Waals surface area (Å²) in [4.78, 5) is 14.1. The Hall–Kier alpha value is -2.46. The predicted octanol–water partition coefficient (Wildman–Crippen LogP) is 4.80. The van der Waals surface area contributed by atoms with Crippen LogP contribution < -0.4 is 4.74 Å². The minimum absolute atomic E-state index is 0.172. The highest BCUT2D eigenvalue weighted by molar-refractivity contribution is 6.32. The molecule has 0 fully saturated rings. The van der Waals surface area contributed by atoms with Gasteiger partial charge in [0.2, 0.25) is 0 Å². The number of nitrogens with zero attached hydrogens (tertiary/aromatic N) is 1. The van der Waals surface area contributed by atoms with Crippen LogP contribution in [0.5, 0.6) is 5.75 Å². The molecule has 0 spiro atoms. The second-order valence-electron chi connectivity index (χ2n) is 5.53. The van der Waals surface area contributed by atoms with E-state index in [-0.39, 0.29) is 5.91 Å². The number of carbonyl (C=O) groups is 1. The van der Waals surface area contributed by atoms with E-state index < -0.39 is 0 Å². The van der Waals surface area contributed by atoms with E-state index in [2.05, 4.69) is 18.2 Å². The Morgan fingerprint density at radius 3 is 3.00 bits per heavy atom. The lowest BCUT2D eigenvalue weighted by atomic mass is 10.0. The first-order valence-corrected chi connectivity index (χ1v) is 8.10. The molecule has 1 amide bonds. The maximum atomic E-state index is 12.6. The maximum absolute atomic E-state index is 12.6. The summed E-state index contributed by atoms with van der Waals surface area (Å²) >= 11 is 6.10. The number of rotatable bonds is 4. The van der Waals surface area contributed by atoms with Crippen LogP contribution in [0.15, 0.2) is 66.4 Å². The summed E-state index contributed by atoms with van der Waals surface area (Å²) in [5, 5.41) is 0.406. The molecule has 24 heavy (non-hydrogen) atoms. The normalized spacial score (nSPS) is 16.3. The Morgan fingerprint density at radius 1 is 1.42 bits per heavy atom. The summed E-state index contributed by atoms with van der Waals surface area (Å²) in [5.41, 5.74) is 1.78. The highest BCUT2D eigenvalue weighted by Gasteiger charge is 2.18. The van der Waals surface area contributed by atoms with E-state index in [1.54, 1.807) is 30.6 Å². The first kappa shape index (κ1) is 16.4. The second kappa shape index (κ2) is 7.41. The van der Waals surface area contributed by atoms with E-state index in [1.807, 2.05) is 0 Å². The average molecular weight is 344 g/mol. The van der Waals surface area contributed by atoms with Gasteiger partial charge in [-0.15, -0.1) is 0 Å². The number of carbonyl (C=O) groups excluding carboxylic acids is 1. The Kier molecular flexibility index (Phi) is 5.06. The molecule has 0 radical (unpaired) electrons. The molecule has 0 saturated heterocycles. The smallest absolute Gasteiger partial charge is 0.262 e. The number of ether oxygens (including phenoxy) is 2. The molecular weight excluding hydrogens is 326 g/mol. The van der Waals surface area contributed by atoms with Gasteiger partial charge in [0.1, 0.15) is 17.8 Å². The van der Waals surface area contributed by atoms with E-state index in [0.29, 0.717) is 22.8 Å². The highest BCUT2D eigenvalue weighted by Crippen LogP contribution is 2.27. The van der Waals surface area contributed by atoms with Gasteiger partial charge < -0.3 is 9.47 Å². The van der Waals surface area contributed by atoms with E-state index >= 15 is 0 Å². The Bertz CT molecular complexity index is 762. The van der Waals surface area contributed by atoms with Crippen molar-refractivity contribution in [1.82, 2.24) is 4.90 Å². The first-order chi connectivity index (χ1) is 11.7. The van der Waals surface area contributed by atoms with Crippen LogP contribution in [0.1, 0.15) is 29.6 Å². The number of halogens is 1. The molecule has 1 heterocycles. The fourth-order valence-electron chi connectivity index (χ4n) is 2.60. The van der Waals surface area contributed by atoms with Crippen LogP contribution >= 0.6 is 11.6 Å². The molecule has 0 atom stereocenters. The summed E-state index contributed by atoms with van der Waals surface area (Å²) in [7, 11) is 1.54. The quantitative estimate of drug-likeness (QED) is 0.788. The monoisotopic (exact) mass is 343 g/mol. The van der Waals surface area contributed by atoms with Crippen molar-refractivity contribution >= 4 is 17.5 Å². The van der Waals surface area contributed by atoms with Gasteiger partial charge >= 0.3 is 0 Å². The van der Waals surface area contributed by atoms with Gasteiger partial charge in [-0.1, -0.05) is 35.4 Å². The van der Waals surface area contributed by atoms with Crippen LogP contribution in [0, 0.1) is 0 Å². The molecule has 0 unspecified atom stereocenters. The molecule has 5 heteroatoms. The molecule has 124 valence electrons. The average Bonchev–Trinajstić information content (AvgIpc) is 2.62. The minimum atomic E-state index is -0.172. The number of allylic oxidation sites excluding steroid dienone is 4. The van der Waals surface area contributed by atoms with Crippen LogP contribution in [-0.2, 0) is 4.74 Å². The number of methoxy groups -OCH3 is 1. The van der Waals surface area contributed by atoms with Gasteiger partial charge in [-0.2, -0.15) is 0 Å². The third-order valence-electron chi connectivity index (χ3n) is 3.86. The molecular formula is C19H18ClNO3. The van der Waals surface area contributed by atoms with Crippen LogP contribution in [0.3, 0.4) is 0 Å². The lowest BCUT2D eigenvalue weighted by molar-refractivity contribution is 0.0854. The van der Waals surface area contributed by atoms with Crippen molar-refractivity contribution in [3.8, 4) is 5.75 Å². The lowest BCUT2D eigenvalue weighted by Gasteiger charge is -2.21. The Morgan fingerprint density at radius 2 is 2.29 bits per heavy atom. The zero-order valence-electron chi connectivity index (χ0n) is 13.4. The third-order valence-corrected chi connectivity index (χ3v) is 4.15. The topological polar surface area (TPSA) is 38.8 Å². The van der Waals surface area contributed by atoms with E-state index in [1.165, 1.54) is 23.8 Å². The van der Waals surface area contributed by atoms with Crippen LogP contribution in [0.2, 0.25) is 5.02 Å². The maximum Gasteiger partial charge on any atom is 0.262 e. The lowest BCUT2D eigenvalue weighted by Crippen LogP contribution is -2.23. The highest BCUT2D eigenvalue weighted by atomic mass is 35.5. The van der Waals surface area contributed by atoms with Crippen LogP contribution in [0.4, 0.5) is 0 Å². The molecule has 1 aromatic carbocycles. The van der Waals surface area contributed by atoms with Gasteiger partial charge in [0, 0.05) is 18.2 Å². The molecule has 0 N–H and O–H groups in total. The Labute approximate surface area is 146 Å². The molecule has 0 aromatic heterocycles. The second-order valence-corrected chi connectivity index (χ2v) is 5.94. The van der Waals surface area contributed by atoms with Crippen molar-refractivity contribution in [3.63, 3.8) is 0 Å². The summed E-state index contributed by atoms with van der Waals surface area (Å²) in [5.74, 6) is 1.11. The zero-order valence-corrected chi connectivity index (χ0v) is 14.1. The van der Waals surface area contributed by atoms with Crippen molar-refractivity contribution in [2.45, 2.75) is 19.3 Å². The van der Waals surface area contributed by atoms with Crippen LogP contribution in [-0.4, -0.2) is 17.9 Å². The van der Waals surface area contributed by atoms with Gasteiger partial charge in [-0.25, -0.2) is 0 Å².